The van der Waals surface area contributed by atoms with Crippen LogP contribution in [-0.2, 0) is 12.8 Å². The van der Waals surface area contributed by atoms with E-state index < -0.39 is 0 Å². The highest BCUT2D eigenvalue weighted by Gasteiger charge is 2.34. The summed E-state index contributed by atoms with van der Waals surface area (Å²) in [7, 11) is 0. The zero-order chi connectivity index (χ0) is 18.8. The predicted octanol–water partition coefficient (Wildman–Crippen LogP) is 8.00. The highest BCUT2D eigenvalue weighted by atomic mass is 35.5. The lowest BCUT2D eigenvalue weighted by Crippen LogP contribution is -2.30. The van der Waals surface area contributed by atoms with Crippen molar-refractivity contribution in [3.63, 3.8) is 0 Å². The second-order valence-electron chi connectivity index (χ2n) is 9.75. The topological polar surface area (TPSA) is 0 Å². The highest BCUT2D eigenvalue weighted by Crippen LogP contribution is 2.45. The molecule has 27 heavy (non-hydrogen) atoms. The molecule has 1 atom stereocenters. The van der Waals surface area contributed by atoms with E-state index in [1.54, 1.807) is 6.07 Å². The molecule has 0 spiro atoms. The van der Waals surface area contributed by atoms with Crippen molar-refractivity contribution in [2.45, 2.75) is 90.4 Å². The minimum absolute atomic E-state index is 0.157. The van der Waals surface area contributed by atoms with Crippen molar-refractivity contribution in [3.8, 4) is 0 Å². The van der Waals surface area contributed by atoms with Gasteiger partial charge >= 0.3 is 0 Å². The first-order valence-corrected chi connectivity index (χ1v) is 12.0. The third-order valence-electron chi connectivity index (χ3n) is 8.28. The summed E-state index contributed by atoms with van der Waals surface area (Å²) < 4.78 is 14.3. The fraction of sp³-hybridized carbons (Fsp3) is 0.760. The summed E-state index contributed by atoms with van der Waals surface area (Å²) in [6, 6.07) is 3.83. The van der Waals surface area contributed by atoms with Crippen LogP contribution in [0.15, 0.2) is 12.1 Å². The number of fused-ring (bicyclic) bond motifs is 1. The maximum absolute atomic E-state index is 14.3. The summed E-state index contributed by atoms with van der Waals surface area (Å²) in [6.45, 7) is 2.33. The van der Waals surface area contributed by atoms with Gasteiger partial charge in [0, 0.05) is 0 Å². The van der Waals surface area contributed by atoms with Crippen LogP contribution in [0, 0.1) is 35.4 Å². The third kappa shape index (κ3) is 4.39. The van der Waals surface area contributed by atoms with Crippen LogP contribution < -0.4 is 0 Å². The van der Waals surface area contributed by atoms with Crippen molar-refractivity contribution in [1.82, 2.24) is 0 Å². The van der Waals surface area contributed by atoms with Gasteiger partial charge in [-0.25, -0.2) is 4.39 Å². The molecule has 0 amide bonds. The van der Waals surface area contributed by atoms with Gasteiger partial charge in [0.15, 0.2) is 0 Å². The van der Waals surface area contributed by atoms with Gasteiger partial charge in [-0.05, 0) is 105 Å². The second-order valence-corrected chi connectivity index (χ2v) is 10.2. The standard InChI is InChI=1S/C25H36ClF/c1-2-3-17-4-6-18(7-5-17)19-8-10-20(11-9-19)21-12-14-23-22(16-21)13-15-24(26)25(23)27/h13,15,17-21H,2-12,14,16H2,1H3. The Bertz CT molecular complexity index is 623. The molecule has 0 aliphatic heterocycles. The van der Waals surface area contributed by atoms with Gasteiger partial charge in [0.1, 0.15) is 5.82 Å². The molecular weight excluding hydrogens is 355 g/mol. The van der Waals surface area contributed by atoms with E-state index in [2.05, 4.69) is 13.0 Å². The minimum Gasteiger partial charge on any atom is -0.205 e. The summed E-state index contributed by atoms with van der Waals surface area (Å²) in [6.07, 6.45) is 17.6. The molecule has 0 saturated heterocycles. The second kappa shape index (κ2) is 8.85. The van der Waals surface area contributed by atoms with Gasteiger partial charge in [-0.3, -0.25) is 0 Å². The van der Waals surface area contributed by atoms with Gasteiger partial charge in [-0.2, -0.15) is 0 Å². The SMILES string of the molecule is CCCC1CCC(C2CCC(C3CCc4c(ccc(Cl)c4F)C3)CC2)CC1. The van der Waals surface area contributed by atoms with Gasteiger partial charge in [0.05, 0.1) is 5.02 Å². The van der Waals surface area contributed by atoms with Crippen molar-refractivity contribution < 1.29 is 4.39 Å². The maximum Gasteiger partial charge on any atom is 0.145 e. The fourth-order valence-electron chi connectivity index (χ4n) is 6.66. The van der Waals surface area contributed by atoms with E-state index in [9.17, 15) is 4.39 Å². The van der Waals surface area contributed by atoms with E-state index in [4.69, 9.17) is 11.6 Å². The monoisotopic (exact) mass is 390 g/mol. The molecule has 2 heteroatoms. The van der Waals surface area contributed by atoms with E-state index >= 15 is 0 Å². The van der Waals surface area contributed by atoms with E-state index in [1.165, 1.54) is 69.8 Å². The quantitative estimate of drug-likeness (QED) is 0.488. The molecule has 0 nitrogen and oxygen atoms in total. The Balaban J connectivity index is 1.28. The molecule has 1 aromatic rings. The summed E-state index contributed by atoms with van der Waals surface area (Å²) in [5.74, 6) is 4.51. The molecule has 3 aliphatic carbocycles. The molecule has 0 N–H and O–H groups in total. The summed E-state index contributed by atoms with van der Waals surface area (Å²) in [4.78, 5) is 0. The minimum atomic E-state index is -0.157. The van der Waals surface area contributed by atoms with Crippen LogP contribution in [0.5, 0.6) is 0 Å². The lowest BCUT2D eigenvalue weighted by molar-refractivity contribution is 0.119. The first kappa shape index (κ1) is 19.7. The summed E-state index contributed by atoms with van der Waals surface area (Å²) in [5.41, 5.74) is 2.13. The normalized spacial score (nSPS) is 34.3. The average molecular weight is 391 g/mol. The van der Waals surface area contributed by atoms with Gasteiger partial charge in [0.25, 0.3) is 0 Å². The van der Waals surface area contributed by atoms with Crippen LogP contribution in [0.2, 0.25) is 5.02 Å². The zero-order valence-corrected chi connectivity index (χ0v) is 17.7. The number of rotatable bonds is 4. The number of halogens is 2. The Morgan fingerprint density at radius 3 is 2.07 bits per heavy atom. The van der Waals surface area contributed by atoms with Gasteiger partial charge in [-0.1, -0.05) is 50.3 Å². The number of hydrogen-bond acceptors (Lipinski definition) is 0. The largest absolute Gasteiger partial charge is 0.205 e. The molecule has 3 aliphatic rings. The van der Waals surface area contributed by atoms with Crippen LogP contribution in [-0.4, -0.2) is 0 Å². The van der Waals surface area contributed by atoms with Crippen molar-refractivity contribution in [3.05, 3.63) is 34.1 Å². The Labute approximate surface area is 170 Å². The maximum atomic E-state index is 14.3. The number of hydrogen-bond donors (Lipinski definition) is 0. The van der Waals surface area contributed by atoms with E-state index in [0.29, 0.717) is 5.02 Å². The Morgan fingerprint density at radius 1 is 0.852 bits per heavy atom. The van der Waals surface area contributed by atoms with Gasteiger partial charge < -0.3 is 0 Å². The molecule has 1 aromatic carbocycles. The molecule has 0 bridgehead atoms. The van der Waals surface area contributed by atoms with E-state index in [-0.39, 0.29) is 5.82 Å². The summed E-state index contributed by atoms with van der Waals surface area (Å²) >= 11 is 5.97. The Kier molecular flexibility index (Phi) is 6.47. The predicted molar refractivity (Wildman–Crippen MR) is 113 cm³/mol. The van der Waals surface area contributed by atoms with Crippen molar-refractivity contribution in [2.24, 2.45) is 29.6 Å². The van der Waals surface area contributed by atoms with Crippen LogP contribution in [0.25, 0.3) is 0 Å². The molecule has 0 heterocycles. The molecule has 150 valence electrons. The van der Waals surface area contributed by atoms with Crippen LogP contribution >= 0.6 is 11.6 Å². The lowest BCUT2D eigenvalue weighted by atomic mass is 9.65. The van der Waals surface area contributed by atoms with Gasteiger partial charge in [0.2, 0.25) is 0 Å². The highest BCUT2D eigenvalue weighted by molar-refractivity contribution is 6.30. The molecule has 1 unspecified atom stereocenters. The third-order valence-corrected chi connectivity index (χ3v) is 8.57. The Morgan fingerprint density at radius 2 is 1.44 bits per heavy atom. The first-order chi connectivity index (χ1) is 13.2. The van der Waals surface area contributed by atoms with E-state index in [0.717, 1.165) is 54.4 Å². The van der Waals surface area contributed by atoms with Crippen LogP contribution in [0.3, 0.4) is 0 Å². The smallest absolute Gasteiger partial charge is 0.145 e. The fourth-order valence-corrected chi connectivity index (χ4v) is 6.83. The van der Waals surface area contributed by atoms with Crippen molar-refractivity contribution >= 4 is 11.6 Å². The van der Waals surface area contributed by atoms with Crippen molar-refractivity contribution in [2.75, 3.05) is 0 Å². The molecule has 4 rings (SSSR count). The molecular formula is C25H36ClF. The van der Waals surface area contributed by atoms with Crippen LogP contribution in [0.1, 0.15) is 88.7 Å². The molecule has 0 aromatic heterocycles. The summed E-state index contributed by atoms with van der Waals surface area (Å²) in [5, 5.41) is 0.293. The van der Waals surface area contributed by atoms with Gasteiger partial charge in [-0.15, -0.1) is 0 Å². The zero-order valence-electron chi connectivity index (χ0n) is 17.0. The van der Waals surface area contributed by atoms with Crippen LogP contribution in [0.4, 0.5) is 4.39 Å². The van der Waals surface area contributed by atoms with E-state index in [1.807, 2.05) is 0 Å². The average Bonchev–Trinajstić information content (AvgIpc) is 2.72. The lowest BCUT2D eigenvalue weighted by Gasteiger charge is -2.41. The van der Waals surface area contributed by atoms with Crippen molar-refractivity contribution in [1.29, 1.82) is 0 Å². The molecule has 2 fully saturated rings. The number of benzene rings is 1. The molecule has 0 radical (unpaired) electrons. The Hall–Kier alpha value is -0.560. The first-order valence-electron chi connectivity index (χ1n) is 11.6. The molecule has 2 saturated carbocycles.